The zero-order valence-corrected chi connectivity index (χ0v) is 8.92. The molecule has 2 atom stereocenters. The molecular weight excluding hydrogens is 162 g/mol. The van der Waals surface area contributed by atoms with Crippen molar-refractivity contribution in [3.8, 4) is 0 Å². The van der Waals surface area contributed by atoms with Crippen molar-refractivity contribution in [2.45, 2.75) is 33.1 Å². The van der Waals surface area contributed by atoms with E-state index >= 15 is 0 Å². The van der Waals surface area contributed by atoms with Gasteiger partial charge in [0.2, 0.25) is 0 Å². The Labute approximate surface area is 81.7 Å². The van der Waals surface area contributed by atoms with E-state index < -0.39 is 0 Å². The van der Waals surface area contributed by atoms with Gasteiger partial charge < -0.3 is 10.4 Å². The fourth-order valence-corrected chi connectivity index (χ4v) is 2.12. The van der Waals surface area contributed by atoms with Gasteiger partial charge in [-0.1, -0.05) is 20.3 Å². The largest absolute Gasteiger partial charge is 0.396 e. The Morgan fingerprint density at radius 1 is 1.38 bits per heavy atom. The second-order valence-corrected chi connectivity index (χ2v) is 4.67. The Balaban J connectivity index is 2.27. The standard InChI is InChI=1S/C11H23NO/c1-9(2)3-4-10-5-6-12-7-11(10)8-13/h9-13H,3-8H2,1-2H3. The van der Waals surface area contributed by atoms with Crippen molar-refractivity contribution in [3.05, 3.63) is 0 Å². The predicted molar refractivity (Wildman–Crippen MR) is 55.6 cm³/mol. The van der Waals surface area contributed by atoms with Gasteiger partial charge in [-0.15, -0.1) is 0 Å². The van der Waals surface area contributed by atoms with E-state index in [1.807, 2.05) is 0 Å². The number of aliphatic hydroxyl groups is 1. The first-order valence-corrected chi connectivity index (χ1v) is 5.55. The molecule has 1 aliphatic heterocycles. The second-order valence-electron chi connectivity index (χ2n) is 4.67. The van der Waals surface area contributed by atoms with Crippen LogP contribution in [0.25, 0.3) is 0 Å². The highest BCUT2D eigenvalue weighted by atomic mass is 16.3. The molecule has 1 heterocycles. The number of piperidine rings is 1. The highest BCUT2D eigenvalue weighted by Crippen LogP contribution is 2.25. The molecule has 0 spiro atoms. The fraction of sp³-hybridized carbons (Fsp3) is 1.00. The maximum absolute atomic E-state index is 9.19. The topological polar surface area (TPSA) is 32.3 Å². The lowest BCUT2D eigenvalue weighted by molar-refractivity contribution is 0.136. The number of nitrogens with one attached hydrogen (secondary N) is 1. The van der Waals surface area contributed by atoms with E-state index in [-0.39, 0.29) is 0 Å². The molecule has 2 unspecified atom stereocenters. The van der Waals surface area contributed by atoms with Crippen LogP contribution in [0.5, 0.6) is 0 Å². The number of rotatable bonds is 4. The van der Waals surface area contributed by atoms with E-state index in [1.165, 1.54) is 19.3 Å². The molecule has 0 aliphatic carbocycles. The Morgan fingerprint density at radius 2 is 2.15 bits per heavy atom. The molecule has 2 N–H and O–H groups in total. The molecule has 0 aromatic heterocycles. The van der Waals surface area contributed by atoms with Crippen molar-refractivity contribution in [3.63, 3.8) is 0 Å². The third-order valence-corrected chi connectivity index (χ3v) is 3.11. The van der Waals surface area contributed by atoms with Crippen LogP contribution in [0.1, 0.15) is 33.1 Å². The molecule has 1 aliphatic rings. The summed E-state index contributed by atoms with van der Waals surface area (Å²) in [5.74, 6) is 2.07. The van der Waals surface area contributed by atoms with Crippen molar-refractivity contribution in [2.75, 3.05) is 19.7 Å². The van der Waals surface area contributed by atoms with Gasteiger partial charge in [-0.2, -0.15) is 0 Å². The summed E-state index contributed by atoms with van der Waals surface area (Å²) in [6.45, 7) is 7.05. The van der Waals surface area contributed by atoms with Crippen molar-refractivity contribution >= 4 is 0 Å². The molecular formula is C11H23NO. The second kappa shape index (κ2) is 5.61. The monoisotopic (exact) mass is 185 g/mol. The summed E-state index contributed by atoms with van der Waals surface area (Å²) in [4.78, 5) is 0. The van der Waals surface area contributed by atoms with E-state index in [9.17, 15) is 5.11 Å². The number of aliphatic hydroxyl groups excluding tert-OH is 1. The first-order chi connectivity index (χ1) is 6.24. The smallest absolute Gasteiger partial charge is 0.0474 e. The quantitative estimate of drug-likeness (QED) is 0.698. The molecule has 1 fully saturated rings. The molecule has 78 valence electrons. The zero-order valence-electron chi connectivity index (χ0n) is 8.92. The summed E-state index contributed by atoms with van der Waals surface area (Å²) in [5, 5.41) is 12.5. The lowest BCUT2D eigenvalue weighted by Crippen LogP contribution is -2.38. The molecule has 2 heteroatoms. The third kappa shape index (κ3) is 3.65. The normalized spacial score (nSPS) is 29.5. The highest BCUT2D eigenvalue weighted by molar-refractivity contribution is 4.77. The van der Waals surface area contributed by atoms with Crippen LogP contribution >= 0.6 is 0 Å². The van der Waals surface area contributed by atoms with Crippen LogP contribution in [0.2, 0.25) is 0 Å². The minimum Gasteiger partial charge on any atom is -0.396 e. The molecule has 0 radical (unpaired) electrons. The summed E-state index contributed by atoms with van der Waals surface area (Å²) < 4.78 is 0. The molecule has 2 nitrogen and oxygen atoms in total. The van der Waals surface area contributed by atoms with Gasteiger partial charge in [0, 0.05) is 13.2 Å². The Morgan fingerprint density at radius 3 is 2.77 bits per heavy atom. The predicted octanol–water partition coefficient (Wildman–Crippen LogP) is 1.64. The van der Waals surface area contributed by atoms with E-state index in [4.69, 9.17) is 0 Å². The van der Waals surface area contributed by atoms with E-state index in [2.05, 4.69) is 19.2 Å². The van der Waals surface area contributed by atoms with Gasteiger partial charge in [0.25, 0.3) is 0 Å². The molecule has 0 aromatic carbocycles. The number of hydrogen-bond acceptors (Lipinski definition) is 2. The van der Waals surface area contributed by atoms with Gasteiger partial charge in [-0.25, -0.2) is 0 Å². The molecule has 0 aromatic rings. The maximum atomic E-state index is 9.19. The average molecular weight is 185 g/mol. The average Bonchev–Trinajstić information content (AvgIpc) is 2.15. The molecule has 1 rings (SSSR count). The van der Waals surface area contributed by atoms with Gasteiger partial charge in [0.1, 0.15) is 0 Å². The van der Waals surface area contributed by atoms with Crippen LogP contribution in [0.3, 0.4) is 0 Å². The Hall–Kier alpha value is -0.0800. The molecule has 0 saturated carbocycles. The molecule has 13 heavy (non-hydrogen) atoms. The summed E-state index contributed by atoms with van der Waals surface area (Å²) in [7, 11) is 0. The summed E-state index contributed by atoms with van der Waals surface area (Å²) in [6, 6.07) is 0. The van der Waals surface area contributed by atoms with Crippen molar-refractivity contribution in [1.29, 1.82) is 0 Å². The first kappa shape index (κ1) is 11.0. The van der Waals surface area contributed by atoms with Crippen molar-refractivity contribution in [1.82, 2.24) is 5.32 Å². The van der Waals surface area contributed by atoms with E-state index in [0.29, 0.717) is 12.5 Å². The molecule has 0 amide bonds. The van der Waals surface area contributed by atoms with Crippen LogP contribution in [0, 0.1) is 17.8 Å². The van der Waals surface area contributed by atoms with Crippen LogP contribution in [0.4, 0.5) is 0 Å². The van der Waals surface area contributed by atoms with Gasteiger partial charge in [0.05, 0.1) is 0 Å². The van der Waals surface area contributed by atoms with Crippen LogP contribution in [0.15, 0.2) is 0 Å². The van der Waals surface area contributed by atoms with Crippen LogP contribution < -0.4 is 5.32 Å². The summed E-state index contributed by atoms with van der Waals surface area (Å²) in [5.41, 5.74) is 0. The van der Waals surface area contributed by atoms with Gasteiger partial charge in [0.15, 0.2) is 0 Å². The van der Waals surface area contributed by atoms with Crippen LogP contribution in [-0.2, 0) is 0 Å². The zero-order chi connectivity index (χ0) is 9.68. The maximum Gasteiger partial charge on any atom is 0.0474 e. The summed E-state index contributed by atoms with van der Waals surface area (Å²) >= 11 is 0. The fourth-order valence-electron chi connectivity index (χ4n) is 2.12. The van der Waals surface area contributed by atoms with E-state index in [1.54, 1.807) is 0 Å². The molecule has 0 bridgehead atoms. The van der Waals surface area contributed by atoms with Gasteiger partial charge >= 0.3 is 0 Å². The van der Waals surface area contributed by atoms with E-state index in [0.717, 1.165) is 24.9 Å². The highest BCUT2D eigenvalue weighted by Gasteiger charge is 2.23. The lowest BCUT2D eigenvalue weighted by atomic mass is 9.82. The van der Waals surface area contributed by atoms with Crippen molar-refractivity contribution in [2.24, 2.45) is 17.8 Å². The first-order valence-electron chi connectivity index (χ1n) is 5.55. The van der Waals surface area contributed by atoms with Gasteiger partial charge in [-0.05, 0) is 37.1 Å². The Bertz CT molecular complexity index is 136. The minimum absolute atomic E-state index is 0.357. The number of hydrogen-bond donors (Lipinski definition) is 2. The van der Waals surface area contributed by atoms with Gasteiger partial charge in [-0.3, -0.25) is 0 Å². The van der Waals surface area contributed by atoms with Crippen LogP contribution in [-0.4, -0.2) is 24.8 Å². The third-order valence-electron chi connectivity index (χ3n) is 3.11. The SMILES string of the molecule is CC(C)CCC1CCNCC1CO. The van der Waals surface area contributed by atoms with Crippen molar-refractivity contribution < 1.29 is 5.11 Å². The lowest BCUT2D eigenvalue weighted by Gasteiger charge is -2.31. The summed E-state index contributed by atoms with van der Waals surface area (Å²) in [6.07, 6.45) is 3.85. The molecule has 1 saturated heterocycles. The minimum atomic E-state index is 0.357. The Kier molecular flexibility index (Phi) is 4.74.